The van der Waals surface area contributed by atoms with Crippen LogP contribution in [0.1, 0.15) is 42.1 Å². The highest BCUT2D eigenvalue weighted by Gasteiger charge is 2.13. The van der Waals surface area contributed by atoms with E-state index in [-0.39, 0.29) is 11.9 Å². The highest BCUT2D eigenvalue weighted by atomic mass is 16.2. The molecule has 106 valence electrons. The summed E-state index contributed by atoms with van der Waals surface area (Å²) < 4.78 is 0. The molecule has 1 atom stereocenters. The quantitative estimate of drug-likeness (QED) is 0.835. The topological polar surface area (TPSA) is 83.6 Å². The standard InChI is InChI=1S/C14H19N5O/c1-3-4-11-8-13(19-18-11)14(20)17-10(2)7-12-9-15-5-6-16-12/h5-6,8-10H,3-4,7H2,1-2H3,(H,17,20)(H,18,19)/t10-/m1/s1. The zero-order valence-corrected chi connectivity index (χ0v) is 11.8. The van der Waals surface area contributed by atoms with Crippen molar-refractivity contribution < 1.29 is 4.79 Å². The first-order chi connectivity index (χ1) is 9.69. The molecule has 0 aromatic carbocycles. The van der Waals surface area contributed by atoms with Gasteiger partial charge in [-0.05, 0) is 19.4 Å². The Kier molecular flexibility index (Phi) is 4.81. The lowest BCUT2D eigenvalue weighted by atomic mass is 10.2. The van der Waals surface area contributed by atoms with Crippen LogP contribution in [0.3, 0.4) is 0 Å². The van der Waals surface area contributed by atoms with E-state index in [9.17, 15) is 4.79 Å². The predicted octanol–water partition coefficient (Wildman–Crippen LogP) is 1.51. The molecule has 0 aliphatic carbocycles. The second-order valence-corrected chi connectivity index (χ2v) is 4.80. The molecular formula is C14H19N5O. The lowest BCUT2D eigenvalue weighted by Crippen LogP contribution is -2.34. The van der Waals surface area contributed by atoms with E-state index in [0.29, 0.717) is 12.1 Å². The molecule has 0 aliphatic rings. The molecule has 0 radical (unpaired) electrons. The Morgan fingerprint density at radius 1 is 1.45 bits per heavy atom. The molecule has 0 spiro atoms. The third-order valence-corrected chi connectivity index (χ3v) is 2.89. The van der Waals surface area contributed by atoms with Crippen LogP contribution in [-0.2, 0) is 12.8 Å². The van der Waals surface area contributed by atoms with Gasteiger partial charge in [0.2, 0.25) is 0 Å². The van der Waals surface area contributed by atoms with Gasteiger partial charge in [-0.3, -0.25) is 19.9 Å². The number of aromatic nitrogens is 4. The molecule has 2 aromatic heterocycles. The number of rotatable bonds is 6. The number of carbonyl (C=O) groups excluding carboxylic acids is 1. The summed E-state index contributed by atoms with van der Waals surface area (Å²) in [7, 11) is 0. The van der Waals surface area contributed by atoms with Crippen LogP contribution in [0.2, 0.25) is 0 Å². The van der Waals surface area contributed by atoms with Crippen LogP contribution in [0.4, 0.5) is 0 Å². The lowest BCUT2D eigenvalue weighted by Gasteiger charge is -2.11. The zero-order valence-electron chi connectivity index (χ0n) is 11.8. The van der Waals surface area contributed by atoms with Crippen molar-refractivity contribution in [1.29, 1.82) is 0 Å². The van der Waals surface area contributed by atoms with Gasteiger partial charge in [0.25, 0.3) is 5.91 Å². The van der Waals surface area contributed by atoms with E-state index in [0.717, 1.165) is 24.2 Å². The zero-order chi connectivity index (χ0) is 14.4. The van der Waals surface area contributed by atoms with Gasteiger partial charge in [0, 0.05) is 36.7 Å². The average molecular weight is 273 g/mol. The molecule has 0 unspecified atom stereocenters. The molecule has 2 rings (SSSR count). The highest BCUT2D eigenvalue weighted by molar-refractivity contribution is 5.92. The number of aromatic amines is 1. The normalized spacial score (nSPS) is 12.1. The number of nitrogens with zero attached hydrogens (tertiary/aromatic N) is 3. The number of nitrogens with one attached hydrogen (secondary N) is 2. The maximum atomic E-state index is 12.0. The first kappa shape index (κ1) is 14.2. The minimum Gasteiger partial charge on any atom is -0.348 e. The monoisotopic (exact) mass is 273 g/mol. The number of H-pyrrole nitrogens is 1. The van der Waals surface area contributed by atoms with E-state index >= 15 is 0 Å². The number of carbonyl (C=O) groups is 1. The molecule has 6 heteroatoms. The van der Waals surface area contributed by atoms with Crippen molar-refractivity contribution >= 4 is 5.91 Å². The summed E-state index contributed by atoms with van der Waals surface area (Å²) in [6.45, 7) is 4.02. The van der Waals surface area contributed by atoms with Crippen molar-refractivity contribution in [3.8, 4) is 0 Å². The largest absolute Gasteiger partial charge is 0.348 e. The summed E-state index contributed by atoms with van der Waals surface area (Å²) >= 11 is 0. The summed E-state index contributed by atoms with van der Waals surface area (Å²) in [6, 6.07) is 1.78. The minimum absolute atomic E-state index is 0.0227. The van der Waals surface area contributed by atoms with E-state index in [1.54, 1.807) is 24.7 Å². The Morgan fingerprint density at radius 3 is 3.00 bits per heavy atom. The van der Waals surface area contributed by atoms with E-state index in [4.69, 9.17) is 0 Å². The van der Waals surface area contributed by atoms with Gasteiger partial charge >= 0.3 is 0 Å². The molecule has 0 bridgehead atoms. The molecule has 0 aliphatic heterocycles. The summed E-state index contributed by atoms with van der Waals surface area (Å²) in [5.74, 6) is -0.167. The van der Waals surface area contributed by atoms with Gasteiger partial charge in [-0.15, -0.1) is 0 Å². The molecule has 2 heterocycles. The van der Waals surface area contributed by atoms with Gasteiger partial charge in [0.15, 0.2) is 0 Å². The average Bonchev–Trinajstić information content (AvgIpc) is 2.89. The molecule has 2 N–H and O–H groups in total. The third-order valence-electron chi connectivity index (χ3n) is 2.89. The second-order valence-electron chi connectivity index (χ2n) is 4.80. The summed E-state index contributed by atoms with van der Waals surface area (Å²) in [4.78, 5) is 20.2. The Bertz CT molecular complexity index is 552. The van der Waals surface area contributed by atoms with Crippen molar-refractivity contribution in [3.63, 3.8) is 0 Å². The number of hydrogen-bond acceptors (Lipinski definition) is 4. The Morgan fingerprint density at radius 2 is 2.30 bits per heavy atom. The van der Waals surface area contributed by atoms with Crippen LogP contribution in [0.15, 0.2) is 24.7 Å². The number of amides is 1. The van der Waals surface area contributed by atoms with Gasteiger partial charge in [-0.2, -0.15) is 5.10 Å². The lowest BCUT2D eigenvalue weighted by molar-refractivity contribution is 0.0935. The SMILES string of the molecule is CCCc1cc(C(=O)N[C@H](C)Cc2cnccn2)n[nH]1. The van der Waals surface area contributed by atoms with E-state index in [1.807, 2.05) is 6.92 Å². The van der Waals surface area contributed by atoms with Crippen LogP contribution in [0.5, 0.6) is 0 Å². The molecular weight excluding hydrogens is 254 g/mol. The summed E-state index contributed by atoms with van der Waals surface area (Å²) in [5, 5.41) is 9.82. The smallest absolute Gasteiger partial charge is 0.271 e. The summed E-state index contributed by atoms with van der Waals surface area (Å²) in [5.41, 5.74) is 2.27. The Labute approximate surface area is 118 Å². The first-order valence-corrected chi connectivity index (χ1v) is 6.79. The van der Waals surface area contributed by atoms with E-state index in [2.05, 4.69) is 32.4 Å². The molecule has 0 saturated heterocycles. The predicted molar refractivity (Wildman–Crippen MR) is 75.2 cm³/mol. The van der Waals surface area contributed by atoms with Gasteiger partial charge in [-0.1, -0.05) is 13.3 Å². The van der Waals surface area contributed by atoms with Gasteiger partial charge in [-0.25, -0.2) is 0 Å². The van der Waals surface area contributed by atoms with Gasteiger partial charge in [0.05, 0.1) is 5.69 Å². The molecule has 20 heavy (non-hydrogen) atoms. The van der Waals surface area contributed by atoms with Crippen molar-refractivity contribution in [1.82, 2.24) is 25.5 Å². The van der Waals surface area contributed by atoms with Crippen molar-refractivity contribution in [2.45, 2.75) is 39.2 Å². The fraction of sp³-hybridized carbons (Fsp3) is 0.429. The van der Waals surface area contributed by atoms with Crippen LogP contribution in [-0.4, -0.2) is 32.1 Å². The highest BCUT2D eigenvalue weighted by Crippen LogP contribution is 2.04. The Hall–Kier alpha value is -2.24. The van der Waals surface area contributed by atoms with Gasteiger partial charge in [0.1, 0.15) is 5.69 Å². The number of hydrogen-bond donors (Lipinski definition) is 2. The second kappa shape index (κ2) is 6.79. The molecule has 0 saturated carbocycles. The molecule has 1 amide bonds. The Balaban J connectivity index is 1.90. The van der Waals surface area contributed by atoms with Gasteiger partial charge < -0.3 is 5.32 Å². The number of aryl methyl sites for hydroxylation is 1. The van der Waals surface area contributed by atoms with E-state index < -0.39 is 0 Å². The molecule has 0 fully saturated rings. The van der Waals surface area contributed by atoms with Crippen LogP contribution in [0, 0.1) is 0 Å². The van der Waals surface area contributed by atoms with Crippen LogP contribution in [0.25, 0.3) is 0 Å². The van der Waals surface area contributed by atoms with Crippen LogP contribution >= 0.6 is 0 Å². The fourth-order valence-corrected chi connectivity index (χ4v) is 1.97. The van der Waals surface area contributed by atoms with Crippen molar-refractivity contribution in [2.24, 2.45) is 0 Å². The van der Waals surface area contributed by atoms with Crippen molar-refractivity contribution in [2.75, 3.05) is 0 Å². The maximum Gasteiger partial charge on any atom is 0.271 e. The maximum absolute atomic E-state index is 12.0. The molecule has 6 nitrogen and oxygen atoms in total. The fourth-order valence-electron chi connectivity index (χ4n) is 1.97. The van der Waals surface area contributed by atoms with Crippen LogP contribution < -0.4 is 5.32 Å². The first-order valence-electron chi connectivity index (χ1n) is 6.79. The van der Waals surface area contributed by atoms with Crippen molar-refractivity contribution in [3.05, 3.63) is 41.7 Å². The van der Waals surface area contributed by atoms with E-state index in [1.165, 1.54) is 0 Å². The summed E-state index contributed by atoms with van der Waals surface area (Å²) in [6.07, 6.45) is 7.55. The minimum atomic E-state index is -0.167. The third kappa shape index (κ3) is 3.88. The molecule has 2 aromatic rings.